The highest BCUT2D eigenvalue weighted by Gasteiger charge is 2.01. The van der Waals surface area contributed by atoms with E-state index < -0.39 is 0 Å². The molecule has 1 N–H and O–H groups in total. The minimum absolute atomic E-state index is 0.655. The Balaban J connectivity index is 1.90. The van der Waals surface area contributed by atoms with E-state index in [0.717, 1.165) is 18.7 Å². The monoisotopic (exact) mass is 229 g/mol. The molecule has 1 heterocycles. The van der Waals surface area contributed by atoms with Crippen LogP contribution in [0.5, 0.6) is 5.75 Å². The minimum Gasteiger partial charge on any atom is -0.496 e. The number of anilines is 1. The van der Waals surface area contributed by atoms with Crippen molar-refractivity contribution in [2.45, 2.75) is 6.42 Å². The average molecular weight is 229 g/mol. The van der Waals surface area contributed by atoms with Crippen LogP contribution in [0.25, 0.3) is 0 Å². The first-order valence-corrected chi connectivity index (χ1v) is 5.53. The zero-order valence-corrected chi connectivity index (χ0v) is 9.76. The molecule has 17 heavy (non-hydrogen) atoms. The Morgan fingerprint density at radius 2 is 1.88 bits per heavy atom. The normalized spacial score (nSPS) is 9.94. The van der Waals surface area contributed by atoms with Crippen LogP contribution < -0.4 is 10.1 Å². The van der Waals surface area contributed by atoms with Gasteiger partial charge in [0, 0.05) is 18.9 Å². The Morgan fingerprint density at radius 3 is 2.65 bits per heavy atom. The van der Waals surface area contributed by atoms with Gasteiger partial charge in [-0.1, -0.05) is 18.2 Å². The fourth-order valence-corrected chi connectivity index (χ4v) is 1.61. The third-order valence-corrected chi connectivity index (χ3v) is 2.44. The molecule has 0 aliphatic heterocycles. The number of para-hydroxylation sites is 1. The number of rotatable bonds is 5. The molecule has 4 nitrogen and oxygen atoms in total. The number of nitrogens with zero attached hydrogens (tertiary/aromatic N) is 2. The Morgan fingerprint density at radius 1 is 1.12 bits per heavy atom. The molecule has 0 aliphatic rings. The molecule has 0 aliphatic carbocycles. The molecule has 0 atom stereocenters. The Kier molecular flexibility index (Phi) is 3.91. The van der Waals surface area contributed by atoms with Crippen molar-refractivity contribution in [1.82, 2.24) is 9.97 Å². The summed E-state index contributed by atoms with van der Waals surface area (Å²) in [5.41, 5.74) is 1.18. The van der Waals surface area contributed by atoms with Crippen molar-refractivity contribution in [1.29, 1.82) is 0 Å². The van der Waals surface area contributed by atoms with Crippen LogP contribution in [0.4, 0.5) is 5.95 Å². The van der Waals surface area contributed by atoms with E-state index in [2.05, 4.69) is 21.4 Å². The van der Waals surface area contributed by atoms with Gasteiger partial charge in [0.2, 0.25) is 5.95 Å². The first-order chi connectivity index (χ1) is 8.40. The van der Waals surface area contributed by atoms with Gasteiger partial charge < -0.3 is 10.1 Å². The summed E-state index contributed by atoms with van der Waals surface area (Å²) >= 11 is 0. The summed E-state index contributed by atoms with van der Waals surface area (Å²) in [6.07, 6.45) is 4.32. The fraction of sp³-hybridized carbons (Fsp3) is 0.231. The second-order valence-electron chi connectivity index (χ2n) is 3.56. The number of hydrogen-bond acceptors (Lipinski definition) is 4. The molecule has 1 aromatic carbocycles. The minimum atomic E-state index is 0.655. The summed E-state index contributed by atoms with van der Waals surface area (Å²) in [6, 6.07) is 9.80. The lowest BCUT2D eigenvalue weighted by Gasteiger charge is -2.08. The molecular formula is C13H15N3O. The smallest absolute Gasteiger partial charge is 0.222 e. The molecule has 0 amide bonds. The number of methoxy groups -OCH3 is 1. The van der Waals surface area contributed by atoms with Gasteiger partial charge in [0.25, 0.3) is 0 Å². The molecule has 88 valence electrons. The third kappa shape index (κ3) is 3.17. The van der Waals surface area contributed by atoms with Gasteiger partial charge in [0.1, 0.15) is 5.75 Å². The van der Waals surface area contributed by atoms with Gasteiger partial charge in [-0.3, -0.25) is 0 Å². The summed E-state index contributed by atoms with van der Waals surface area (Å²) in [5, 5.41) is 3.17. The second-order valence-corrected chi connectivity index (χ2v) is 3.56. The molecule has 2 aromatic rings. The highest BCUT2D eigenvalue weighted by Crippen LogP contribution is 2.17. The molecule has 0 fully saturated rings. The Bertz CT molecular complexity index is 459. The first kappa shape index (κ1) is 11.4. The second kappa shape index (κ2) is 5.84. The molecule has 4 heteroatoms. The van der Waals surface area contributed by atoms with Gasteiger partial charge >= 0.3 is 0 Å². The molecule has 0 spiro atoms. The zero-order valence-electron chi connectivity index (χ0n) is 9.76. The lowest BCUT2D eigenvalue weighted by atomic mass is 10.1. The maximum absolute atomic E-state index is 5.29. The van der Waals surface area contributed by atoms with E-state index in [9.17, 15) is 0 Å². The van der Waals surface area contributed by atoms with Crippen molar-refractivity contribution in [3.8, 4) is 5.75 Å². The van der Waals surface area contributed by atoms with Crippen LogP contribution in [0.3, 0.4) is 0 Å². The van der Waals surface area contributed by atoms with E-state index in [0.29, 0.717) is 5.95 Å². The topological polar surface area (TPSA) is 47.0 Å². The molecule has 0 saturated carbocycles. The zero-order chi connectivity index (χ0) is 11.9. The van der Waals surface area contributed by atoms with Crippen LogP contribution in [0.15, 0.2) is 42.7 Å². The van der Waals surface area contributed by atoms with E-state index in [1.165, 1.54) is 5.56 Å². The van der Waals surface area contributed by atoms with Gasteiger partial charge in [-0.05, 0) is 24.1 Å². The van der Waals surface area contributed by atoms with Crippen molar-refractivity contribution in [3.05, 3.63) is 48.3 Å². The van der Waals surface area contributed by atoms with E-state index >= 15 is 0 Å². The number of nitrogens with one attached hydrogen (secondary N) is 1. The van der Waals surface area contributed by atoms with Crippen LogP contribution in [-0.2, 0) is 6.42 Å². The summed E-state index contributed by atoms with van der Waals surface area (Å²) in [6.45, 7) is 0.782. The average Bonchev–Trinajstić information content (AvgIpc) is 2.40. The van der Waals surface area contributed by atoms with E-state index in [-0.39, 0.29) is 0 Å². The molecule has 0 saturated heterocycles. The van der Waals surface area contributed by atoms with Crippen LogP contribution in [0.2, 0.25) is 0 Å². The van der Waals surface area contributed by atoms with Gasteiger partial charge in [-0.15, -0.1) is 0 Å². The summed E-state index contributed by atoms with van der Waals surface area (Å²) in [4.78, 5) is 8.20. The lowest BCUT2D eigenvalue weighted by Crippen LogP contribution is -2.08. The highest BCUT2D eigenvalue weighted by atomic mass is 16.5. The lowest BCUT2D eigenvalue weighted by molar-refractivity contribution is 0.410. The van der Waals surface area contributed by atoms with Crippen molar-refractivity contribution in [3.63, 3.8) is 0 Å². The number of hydrogen-bond donors (Lipinski definition) is 1. The van der Waals surface area contributed by atoms with Crippen LogP contribution in [0, 0.1) is 0 Å². The molecule has 2 rings (SSSR count). The number of ether oxygens (including phenoxy) is 1. The standard InChI is InChI=1S/C13H15N3O/c1-17-12-6-3-2-5-11(12)7-10-16-13-14-8-4-9-15-13/h2-6,8-9H,7,10H2,1H3,(H,14,15,16). The molecule has 0 bridgehead atoms. The maximum Gasteiger partial charge on any atom is 0.222 e. The van der Waals surface area contributed by atoms with Gasteiger partial charge in [0.15, 0.2) is 0 Å². The van der Waals surface area contributed by atoms with Crippen LogP contribution in [-0.4, -0.2) is 23.6 Å². The van der Waals surface area contributed by atoms with Crippen LogP contribution >= 0.6 is 0 Å². The van der Waals surface area contributed by atoms with E-state index in [4.69, 9.17) is 4.74 Å². The SMILES string of the molecule is COc1ccccc1CCNc1ncccn1. The Labute approximate surface area is 101 Å². The first-order valence-electron chi connectivity index (χ1n) is 5.53. The van der Waals surface area contributed by atoms with Crippen molar-refractivity contribution >= 4 is 5.95 Å². The predicted molar refractivity (Wildman–Crippen MR) is 67.2 cm³/mol. The predicted octanol–water partition coefficient (Wildman–Crippen LogP) is 2.14. The van der Waals surface area contributed by atoms with Crippen molar-refractivity contribution < 1.29 is 4.74 Å². The molecular weight excluding hydrogens is 214 g/mol. The van der Waals surface area contributed by atoms with Gasteiger partial charge in [-0.25, -0.2) is 9.97 Å². The highest BCUT2D eigenvalue weighted by molar-refractivity contribution is 5.34. The molecule has 0 unspecified atom stereocenters. The molecule has 1 aromatic heterocycles. The number of benzene rings is 1. The summed E-state index contributed by atoms with van der Waals surface area (Å²) in [5.74, 6) is 1.57. The van der Waals surface area contributed by atoms with E-state index in [1.54, 1.807) is 25.6 Å². The summed E-state index contributed by atoms with van der Waals surface area (Å²) in [7, 11) is 1.69. The third-order valence-electron chi connectivity index (χ3n) is 2.44. The Hall–Kier alpha value is -2.10. The largest absolute Gasteiger partial charge is 0.496 e. The van der Waals surface area contributed by atoms with Gasteiger partial charge in [-0.2, -0.15) is 0 Å². The van der Waals surface area contributed by atoms with E-state index in [1.807, 2.05) is 18.2 Å². The quantitative estimate of drug-likeness (QED) is 0.853. The molecule has 0 radical (unpaired) electrons. The summed E-state index contributed by atoms with van der Waals surface area (Å²) < 4.78 is 5.29. The van der Waals surface area contributed by atoms with Gasteiger partial charge in [0.05, 0.1) is 7.11 Å². The fourth-order valence-electron chi connectivity index (χ4n) is 1.61. The van der Waals surface area contributed by atoms with Crippen molar-refractivity contribution in [2.75, 3.05) is 19.0 Å². The number of aromatic nitrogens is 2. The van der Waals surface area contributed by atoms with Crippen molar-refractivity contribution in [2.24, 2.45) is 0 Å². The maximum atomic E-state index is 5.29. The van der Waals surface area contributed by atoms with Crippen LogP contribution in [0.1, 0.15) is 5.56 Å².